The molecule has 1 aromatic carbocycles. The minimum atomic E-state index is -5.20. The summed E-state index contributed by atoms with van der Waals surface area (Å²) in [7, 11) is 0. The average molecular weight is 370 g/mol. The first-order chi connectivity index (χ1) is 12.2. The van der Waals surface area contributed by atoms with Crippen LogP contribution in [-0.2, 0) is 9.53 Å². The van der Waals surface area contributed by atoms with E-state index in [1.165, 1.54) is 31.2 Å². The van der Waals surface area contributed by atoms with Gasteiger partial charge in [0.1, 0.15) is 0 Å². The van der Waals surface area contributed by atoms with E-state index in [0.717, 1.165) is 11.8 Å². The predicted molar refractivity (Wildman–Crippen MR) is 86.4 cm³/mol. The van der Waals surface area contributed by atoms with Crippen molar-refractivity contribution in [3.63, 3.8) is 0 Å². The molecule has 0 spiro atoms. The molecule has 1 amide bonds. The van der Waals surface area contributed by atoms with Gasteiger partial charge < -0.3 is 19.8 Å². The molecule has 2 N–H and O–H groups in total. The second kappa shape index (κ2) is 7.51. The van der Waals surface area contributed by atoms with Gasteiger partial charge in [-0.3, -0.25) is 4.79 Å². The fraction of sp³-hybridized carbons (Fsp3) is 0.294. The smallest absolute Gasteiger partial charge is 0.441 e. The molecule has 9 heteroatoms. The summed E-state index contributed by atoms with van der Waals surface area (Å²) in [6, 6.07) is 8.34. The highest BCUT2D eigenvalue weighted by molar-refractivity contribution is 5.97. The summed E-state index contributed by atoms with van der Waals surface area (Å²) in [6.45, 7) is 2.81. The van der Waals surface area contributed by atoms with Crippen molar-refractivity contribution >= 4 is 17.6 Å². The Morgan fingerprint density at radius 2 is 1.81 bits per heavy atom. The van der Waals surface area contributed by atoms with Gasteiger partial charge in [-0.2, -0.15) is 13.2 Å². The number of esters is 1. The van der Waals surface area contributed by atoms with Crippen molar-refractivity contribution in [1.29, 1.82) is 0 Å². The molecule has 0 saturated carbocycles. The van der Waals surface area contributed by atoms with Crippen LogP contribution < -0.4 is 10.6 Å². The maximum absolute atomic E-state index is 13.9. The monoisotopic (exact) mass is 370 g/mol. The molecule has 0 aliphatic carbocycles. The van der Waals surface area contributed by atoms with E-state index < -0.39 is 23.7 Å². The van der Waals surface area contributed by atoms with Gasteiger partial charge in [0.25, 0.3) is 5.91 Å². The van der Waals surface area contributed by atoms with E-state index in [1.807, 2.05) is 0 Å². The second-order valence-electron chi connectivity index (χ2n) is 5.39. The van der Waals surface area contributed by atoms with Gasteiger partial charge in [-0.1, -0.05) is 17.7 Å². The topological polar surface area (TPSA) is 80.6 Å². The molecule has 0 saturated heterocycles. The quantitative estimate of drug-likeness (QED) is 0.603. The molecule has 1 aromatic heterocycles. The van der Waals surface area contributed by atoms with Crippen LogP contribution in [0.25, 0.3) is 0 Å². The van der Waals surface area contributed by atoms with Gasteiger partial charge >= 0.3 is 17.8 Å². The number of anilines is 1. The zero-order valence-corrected chi connectivity index (χ0v) is 14.0. The number of nitrogens with one attached hydrogen (secondary N) is 2. The third-order valence-corrected chi connectivity index (χ3v) is 3.44. The Kier molecular flexibility index (Phi) is 5.59. The van der Waals surface area contributed by atoms with Crippen LogP contribution in [0.4, 0.5) is 18.9 Å². The highest BCUT2D eigenvalue weighted by Crippen LogP contribution is 2.33. The molecule has 0 fully saturated rings. The number of hydrogen-bond donors (Lipinski definition) is 2. The Morgan fingerprint density at radius 3 is 2.31 bits per heavy atom. The second-order valence-corrected chi connectivity index (χ2v) is 5.39. The lowest BCUT2D eigenvalue weighted by molar-refractivity contribution is -0.204. The fourth-order valence-corrected chi connectivity index (χ4v) is 2.12. The number of furan rings is 1. The van der Waals surface area contributed by atoms with Crippen molar-refractivity contribution in [2.45, 2.75) is 25.7 Å². The molecule has 0 aliphatic heterocycles. The molecular formula is C17H17F3N2O4. The van der Waals surface area contributed by atoms with E-state index in [9.17, 15) is 22.8 Å². The summed E-state index contributed by atoms with van der Waals surface area (Å²) in [6.07, 6.45) is -4.08. The number of amides is 1. The number of hydrogen-bond acceptors (Lipinski definition) is 5. The number of halogens is 3. The molecule has 140 valence electrons. The van der Waals surface area contributed by atoms with Gasteiger partial charge in [-0.05, 0) is 38.1 Å². The number of ether oxygens (including phenoxy) is 1. The van der Waals surface area contributed by atoms with Crippen LogP contribution in [0, 0.1) is 6.92 Å². The molecule has 1 heterocycles. The average Bonchev–Trinajstić information content (AvgIpc) is 3.10. The largest absolute Gasteiger partial charge is 0.463 e. The van der Waals surface area contributed by atoms with E-state index in [1.54, 1.807) is 24.4 Å². The number of carbonyl (C=O) groups is 2. The summed E-state index contributed by atoms with van der Waals surface area (Å²) in [5.41, 5.74) is -2.70. The SMILES string of the molecule is CCOC(=O)C(NC(=O)c1ccco1)(Nc1ccc(C)cc1)C(F)(F)F. The van der Waals surface area contributed by atoms with Crippen LogP contribution in [0.1, 0.15) is 23.0 Å². The van der Waals surface area contributed by atoms with Crippen LogP contribution in [0.15, 0.2) is 47.1 Å². The first kappa shape index (κ1) is 19.4. The van der Waals surface area contributed by atoms with Crippen LogP contribution >= 0.6 is 0 Å². The van der Waals surface area contributed by atoms with Gasteiger partial charge in [0.15, 0.2) is 5.76 Å². The third kappa shape index (κ3) is 3.98. The Labute approximate surface area is 147 Å². The molecule has 26 heavy (non-hydrogen) atoms. The molecule has 6 nitrogen and oxygen atoms in total. The van der Waals surface area contributed by atoms with Crippen LogP contribution in [-0.4, -0.2) is 30.3 Å². The van der Waals surface area contributed by atoms with E-state index in [-0.39, 0.29) is 18.1 Å². The minimum Gasteiger partial charge on any atom is -0.463 e. The van der Waals surface area contributed by atoms with E-state index in [2.05, 4.69) is 10.1 Å². The zero-order chi connectivity index (χ0) is 19.4. The lowest BCUT2D eigenvalue weighted by Crippen LogP contribution is -2.69. The van der Waals surface area contributed by atoms with Crippen LogP contribution in [0.2, 0.25) is 0 Å². The molecule has 0 radical (unpaired) electrons. The standard InChI is InChI=1S/C17H17F3N2O4/c1-3-25-15(24)16(17(18,19)20,21-12-8-6-11(2)7-9-12)22-14(23)13-5-4-10-26-13/h4-10,21H,3H2,1-2H3,(H,22,23). The molecular weight excluding hydrogens is 353 g/mol. The first-order valence-electron chi connectivity index (χ1n) is 7.64. The van der Waals surface area contributed by atoms with E-state index in [4.69, 9.17) is 4.42 Å². The van der Waals surface area contributed by atoms with Gasteiger partial charge in [-0.15, -0.1) is 0 Å². The van der Waals surface area contributed by atoms with Crippen LogP contribution in [0.3, 0.4) is 0 Å². The highest BCUT2D eigenvalue weighted by Gasteiger charge is 2.63. The Balaban J connectivity index is 2.47. The number of alkyl halides is 3. The number of rotatable bonds is 6. The number of aryl methyl sites for hydroxylation is 1. The van der Waals surface area contributed by atoms with Gasteiger partial charge in [0.2, 0.25) is 0 Å². The fourth-order valence-electron chi connectivity index (χ4n) is 2.12. The van der Waals surface area contributed by atoms with Crippen molar-refractivity contribution in [2.24, 2.45) is 0 Å². The lowest BCUT2D eigenvalue weighted by Gasteiger charge is -2.35. The Morgan fingerprint density at radius 1 is 1.15 bits per heavy atom. The number of benzene rings is 1. The molecule has 1 atom stereocenters. The van der Waals surface area contributed by atoms with E-state index in [0.29, 0.717) is 0 Å². The van der Waals surface area contributed by atoms with Crippen molar-refractivity contribution in [2.75, 3.05) is 11.9 Å². The summed E-state index contributed by atoms with van der Waals surface area (Å²) in [5, 5.41) is 3.74. The normalized spacial score (nSPS) is 13.6. The molecule has 2 aromatic rings. The first-order valence-corrected chi connectivity index (χ1v) is 7.64. The molecule has 0 bridgehead atoms. The Hall–Kier alpha value is -2.97. The van der Waals surface area contributed by atoms with Crippen molar-refractivity contribution in [1.82, 2.24) is 5.32 Å². The summed E-state index contributed by atoms with van der Waals surface area (Å²) in [5.74, 6) is -3.29. The molecule has 1 unspecified atom stereocenters. The predicted octanol–water partition coefficient (Wildman–Crippen LogP) is 3.25. The molecule has 2 rings (SSSR count). The maximum atomic E-state index is 13.9. The summed E-state index contributed by atoms with van der Waals surface area (Å²) in [4.78, 5) is 24.4. The lowest BCUT2D eigenvalue weighted by atomic mass is 10.1. The molecule has 0 aliphatic rings. The van der Waals surface area contributed by atoms with Crippen LogP contribution in [0.5, 0.6) is 0 Å². The highest BCUT2D eigenvalue weighted by atomic mass is 19.4. The van der Waals surface area contributed by atoms with E-state index >= 15 is 0 Å². The summed E-state index contributed by atoms with van der Waals surface area (Å²) < 4.78 is 51.1. The summed E-state index contributed by atoms with van der Waals surface area (Å²) >= 11 is 0. The third-order valence-electron chi connectivity index (χ3n) is 3.44. The number of carbonyl (C=O) groups excluding carboxylic acids is 2. The van der Waals surface area contributed by atoms with Crippen molar-refractivity contribution in [3.05, 3.63) is 54.0 Å². The zero-order valence-electron chi connectivity index (χ0n) is 14.0. The Bertz CT molecular complexity index is 757. The van der Waals surface area contributed by atoms with Gasteiger partial charge in [0, 0.05) is 5.69 Å². The van der Waals surface area contributed by atoms with Crippen molar-refractivity contribution < 1.29 is 31.9 Å². The van der Waals surface area contributed by atoms with Gasteiger partial charge in [0.05, 0.1) is 12.9 Å². The minimum absolute atomic E-state index is 0.0271. The van der Waals surface area contributed by atoms with Crippen molar-refractivity contribution in [3.8, 4) is 0 Å². The maximum Gasteiger partial charge on any atom is 0.441 e. The van der Waals surface area contributed by atoms with Gasteiger partial charge in [-0.25, -0.2) is 4.79 Å².